The molecule has 0 amide bonds. The first-order valence-corrected chi connectivity index (χ1v) is 5.39. The maximum Gasteiger partial charge on any atom is 0.312 e. The first kappa shape index (κ1) is 12.8. The lowest BCUT2D eigenvalue weighted by molar-refractivity contribution is -0.386. The molecule has 19 heavy (non-hydrogen) atoms. The first-order chi connectivity index (χ1) is 8.90. The highest BCUT2D eigenvalue weighted by Gasteiger charge is 2.22. The Kier molecular flexibility index (Phi) is 3.07. The Labute approximate surface area is 107 Å². The third kappa shape index (κ3) is 2.32. The van der Waals surface area contributed by atoms with Crippen LogP contribution in [0, 0.1) is 24.0 Å². The second-order valence-corrected chi connectivity index (χ2v) is 4.03. The lowest BCUT2D eigenvalue weighted by atomic mass is 10.3. The molecule has 0 aliphatic carbocycles. The molecule has 0 saturated carbocycles. The lowest BCUT2D eigenvalue weighted by Crippen LogP contribution is -2.07. The van der Waals surface area contributed by atoms with E-state index in [2.05, 4.69) is 5.10 Å². The quantitative estimate of drug-likeness (QED) is 0.657. The number of nitrogens with zero attached hydrogens (tertiary/aromatic N) is 3. The van der Waals surface area contributed by atoms with Gasteiger partial charge in [0, 0.05) is 6.07 Å². The molecule has 0 aliphatic heterocycles. The summed E-state index contributed by atoms with van der Waals surface area (Å²) in [5.74, 6) is -0.230. The van der Waals surface area contributed by atoms with Crippen molar-refractivity contribution in [1.82, 2.24) is 9.78 Å². The highest BCUT2D eigenvalue weighted by Crippen LogP contribution is 2.22. The van der Waals surface area contributed by atoms with Crippen LogP contribution >= 0.6 is 0 Å². The Hall–Kier alpha value is -2.64. The molecule has 2 aromatic rings. The fraction of sp³-hybridized carbons (Fsp3) is 0.273. The van der Waals surface area contributed by atoms with E-state index < -0.39 is 16.1 Å². The number of hydrogen-bond acceptors (Lipinski definition) is 6. The zero-order valence-electron chi connectivity index (χ0n) is 10.3. The van der Waals surface area contributed by atoms with E-state index in [-0.39, 0.29) is 18.0 Å². The van der Waals surface area contributed by atoms with Crippen molar-refractivity contribution in [3.63, 3.8) is 0 Å². The van der Waals surface area contributed by atoms with Crippen molar-refractivity contribution in [2.24, 2.45) is 0 Å². The van der Waals surface area contributed by atoms with Crippen molar-refractivity contribution in [3.05, 3.63) is 49.8 Å². The monoisotopic (exact) mass is 265 g/mol. The van der Waals surface area contributed by atoms with Gasteiger partial charge in [-0.15, -0.1) is 0 Å². The molecule has 0 spiro atoms. The standard InChI is InChI=1S/C11H11N3O5/c1-6-11(14(17)18)7(2)13(12-6)4-8-3-9(15)10(16)5-19-8/h3,5,16H,4H2,1-2H3. The van der Waals surface area contributed by atoms with E-state index >= 15 is 0 Å². The van der Waals surface area contributed by atoms with Gasteiger partial charge in [-0.05, 0) is 13.8 Å². The number of nitro groups is 1. The van der Waals surface area contributed by atoms with Crippen LogP contribution in [0.25, 0.3) is 0 Å². The molecule has 8 heteroatoms. The largest absolute Gasteiger partial charge is 0.502 e. The maximum atomic E-state index is 11.2. The van der Waals surface area contributed by atoms with E-state index in [1.165, 1.54) is 11.6 Å². The molecule has 100 valence electrons. The summed E-state index contributed by atoms with van der Waals surface area (Å²) >= 11 is 0. The summed E-state index contributed by atoms with van der Waals surface area (Å²) in [4.78, 5) is 21.6. The van der Waals surface area contributed by atoms with Crippen molar-refractivity contribution >= 4 is 5.69 Å². The lowest BCUT2D eigenvalue weighted by Gasteiger charge is -2.02. The second-order valence-electron chi connectivity index (χ2n) is 4.03. The molecule has 2 rings (SSSR count). The normalized spacial score (nSPS) is 10.6. The fourth-order valence-electron chi connectivity index (χ4n) is 1.78. The molecular formula is C11H11N3O5. The van der Waals surface area contributed by atoms with Crippen molar-refractivity contribution in [3.8, 4) is 5.75 Å². The predicted molar refractivity (Wildman–Crippen MR) is 64.1 cm³/mol. The average molecular weight is 265 g/mol. The van der Waals surface area contributed by atoms with Crippen LogP contribution in [0.5, 0.6) is 5.75 Å². The van der Waals surface area contributed by atoms with E-state index in [1.807, 2.05) is 0 Å². The predicted octanol–water partition coefficient (Wildman–Crippen LogP) is 1.12. The molecule has 0 aromatic carbocycles. The molecule has 0 aliphatic rings. The van der Waals surface area contributed by atoms with Crippen LogP contribution in [0.2, 0.25) is 0 Å². The Morgan fingerprint density at radius 2 is 2.21 bits per heavy atom. The minimum absolute atomic E-state index is 0.0545. The van der Waals surface area contributed by atoms with Crippen LogP contribution in [0.4, 0.5) is 5.69 Å². The summed E-state index contributed by atoms with van der Waals surface area (Å²) in [5.41, 5.74) is 0.0419. The van der Waals surface area contributed by atoms with Gasteiger partial charge in [0.1, 0.15) is 23.4 Å². The smallest absolute Gasteiger partial charge is 0.312 e. The fourth-order valence-corrected chi connectivity index (χ4v) is 1.78. The summed E-state index contributed by atoms with van der Waals surface area (Å²) in [6.45, 7) is 3.18. The Morgan fingerprint density at radius 1 is 1.53 bits per heavy atom. The number of aryl methyl sites for hydroxylation is 1. The molecule has 8 nitrogen and oxygen atoms in total. The van der Waals surface area contributed by atoms with Gasteiger partial charge >= 0.3 is 5.69 Å². The van der Waals surface area contributed by atoms with Crippen LogP contribution in [0.1, 0.15) is 17.1 Å². The van der Waals surface area contributed by atoms with Crippen LogP contribution < -0.4 is 5.43 Å². The molecule has 1 N–H and O–H groups in total. The van der Waals surface area contributed by atoms with Crippen LogP contribution in [0.3, 0.4) is 0 Å². The summed E-state index contributed by atoms with van der Waals surface area (Å²) < 4.78 is 6.40. The zero-order chi connectivity index (χ0) is 14.2. The molecule has 0 saturated heterocycles. The van der Waals surface area contributed by atoms with Crippen LogP contribution in [-0.2, 0) is 6.54 Å². The number of rotatable bonds is 3. The van der Waals surface area contributed by atoms with Gasteiger partial charge in [-0.1, -0.05) is 0 Å². The van der Waals surface area contributed by atoms with Gasteiger partial charge in [-0.3, -0.25) is 19.6 Å². The summed E-state index contributed by atoms with van der Waals surface area (Å²) in [5, 5.41) is 23.9. The van der Waals surface area contributed by atoms with Gasteiger partial charge in [0.25, 0.3) is 0 Å². The minimum atomic E-state index is -0.572. The molecule has 0 radical (unpaired) electrons. The van der Waals surface area contributed by atoms with Gasteiger partial charge in [-0.25, -0.2) is 0 Å². The Morgan fingerprint density at radius 3 is 2.74 bits per heavy atom. The van der Waals surface area contributed by atoms with Crippen LogP contribution in [-0.4, -0.2) is 19.8 Å². The molecule has 0 atom stereocenters. The highest BCUT2D eigenvalue weighted by atomic mass is 16.6. The van der Waals surface area contributed by atoms with Crippen molar-refractivity contribution < 1.29 is 14.4 Å². The SMILES string of the molecule is Cc1nn(Cc2cc(=O)c(O)co2)c(C)c1[N+](=O)[O-]. The van der Waals surface area contributed by atoms with E-state index in [4.69, 9.17) is 9.52 Å². The third-order valence-corrected chi connectivity index (χ3v) is 2.70. The second kappa shape index (κ2) is 4.56. The van der Waals surface area contributed by atoms with E-state index in [0.29, 0.717) is 11.4 Å². The van der Waals surface area contributed by atoms with Crippen molar-refractivity contribution in [2.45, 2.75) is 20.4 Å². The van der Waals surface area contributed by atoms with Gasteiger partial charge in [0.05, 0.1) is 11.5 Å². The molecule has 0 unspecified atom stereocenters. The average Bonchev–Trinajstić information content (AvgIpc) is 2.59. The van der Waals surface area contributed by atoms with Crippen LogP contribution in [0.15, 0.2) is 21.5 Å². The molecule has 2 aromatic heterocycles. The molecule has 2 heterocycles. The van der Waals surface area contributed by atoms with E-state index in [9.17, 15) is 14.9 Å². The van der Waals surface area contributed by atoms with Gasteiger partial charge in [0.15, 0.2) is 5.75 Å². The summed E-state index contributed by atoms with van der Waals surface area (Å²) in [7, 11) is 0. The number of hydrogen-bond donors (Lipinski definition) is 1. The van der Waals surface area contributed by atoms with Crippen molar-refractivity contribution in [2.75, 3.05) is 0 Å². The first-order valence-electron chi connectivity index (χ1n) is 5.39. The molecular weight excluding hydrogens is 254 g/mol. The van der Waals surface area contributed by atoms with E-state index in [1.54, 1.807) is 6.92 Å². The van der Waals surface area contributed by atoms with Crippen molar-refractivity contribution in [1.29, 1.82) is 0 Å². The highest BCUT2D eigenvalue weighted by molar-refractivity contribution is 5.39. The molecule has 0 bridgehead atoms. The topological polar surface area (TPSA) is 111 Å². The third-order valence-electron chi connectivity index (χ3n) is 2.70. The Balaban J connectivity index is 2.39. The summed E-state index contributed by atoms with van der Waals surface area (Å²) in [6, 6.07) is 1.12. The number of aromatic hydroxyl groups is 1. The summed E-state index contributed by atoms with van der Waals surface area (Å²) in [6.07, 6.45) is 0.928. The zero-order valence-corrected chi connectivity index (χ0v) is 10.3. The Bertz CT molecular complexity index is 701. The van der Waals surface area contributed by atoms with Gasteiger partial charge < -0.3 is 9.52 Å². The van der Waals surface area contributed by atoms with Gasteiger partial charge in [0.2, 0.25) is 5.43 Å². The van der Waals surface area contributed by atoms with Gasteiger partial charge in [-0.2, -0.15) is 5.10 Å². The maximum absolute atomic E-state index is 11.2. The molecule has 0 fully saturated rings. The number of aromatic nitrogens is 2. The minimum Gasteiger partial charge on any atom is -0.502 e. The van der Waals surface area contributed by atoms with E-state index in [0.717, 1.165) is 12.3 Å².